The molecule has 1 saturated carbocycles. The summed E-state index contributed by atoms with van der Waals surface area (Å²) in [5.74, 6) is 0.726. The van der Waals surface area contributed by atoms with Crippen molar-refractivity contribution in [1.29, 1.82) is 0 Å². The molecule has 0 heterocycles. The van der Waals surface area contributed by atoms with E-state index in [1.807, 2.05) is 0 Å². The van der Waals surface area contributed by atoms with Crippen LogP contribution in [0.5, 0.6) is 0 Å². The highest BCUT2D eigenvalue weighted by molar-refractivity contribution is 5.20. The molecule has 1 fully saturated rings. The van der Waals surface area contributed by atoms with Crippen LogP contribution in [0.4, 0.5) is 0 Å². The molecule has 0 saturated heterocycles. The third-order valence-electron chi connectivity index (χ3n) is 5.03. The molecule has 0 aliphatic heterocycles. The topological polar surface area (TPSA) is 20.2 Å². The summed E-state index contributed by atoms with van der Waals surface area (Å²) in [5, 5.41) is 9.94. The summed E-state index contributed by atoms with van der Waals surface area (Å²) >= 11 is 0. The van der Waals surface area contributed by atoms with Gasteiger partial charge in [-0.25, -0.2) is 0 Å². The van der Waals surface area contributed by atoms with Gasteiger partial charge in [0.1, 0.15) is 0 Å². The second-order valence-corrected chi connectivity index (χ2v) is 6.32. The van der Waals surface area contributed by atoms with Crippen LogP contribution >= 0.6 is 0 Å². The summed E-state index contributed by atoms with van der Waals surface area (Å²) in [6, 6.07) is 0. The van der Waals surface area contributed by atoms with Crippen LogP contribution in [0.15, 0.2) is 23.3 Å². The molecular weight excluding hydrogens is 208 g/mol. The van der Waals surface area contributed by atoms with Gasteiger partial charge in [-0.1, -0.05) is 38.0 Å². The van der Waals surface area contributed by atoms with Crippen LogP contribution in [0.2, 0.25) is 0 Å². The summed E-state index contributed by atoms with van der Waals surface area (Å²) in [7, 11) is 0. The zero-order valence-corrected chi connectivity index (χ0v) is 11.5. The van der Waals surface area contributed by atoms with E-state index in [9.17, 15) is 5.11 Å². The zero-order chi connectivity index (χ0) is 12.5. The van der Waals surface area contributed by atoms with Gasteiger partial charge in [0.05, 0.1) is 6.10 Å². The van der Waals surface area contributed by atoms with Crippen molar-refractivity contribution in [2.75, 3.05) is 0 Å². The molecule has 0 amide bonds. The van der Waals surface area contributed by atoms with Crippen LogP contribution in [0.25, 0.3) is 0 Å². The Morgan fingerprint density at radius 1 is 1.41 bits per heavy atom. The van der Waals surface area contributed by atoms with Crippen LogP contribution in [0.3, 0.4) is 0 Å². The molecule has 96 valence electrons. The molecule has 1 N–H and O–H groups in total. The molecule has 0 aromatic carbocycles. The van der Waals surface area contributed by atoms with E-state index < -0.39 is 0 Å². The van der Waals surface area contributed by atoms with Crippen molar-refractivity contribution in [2.24, 2.45) is 11.3 Å². The van der Waals surface area contributed by atoms with Crippen LogP contribution in [0.1, 0.15) is 59.3 Å². The van der Waals surface area contributed by atoms with E-state index in [-0.39, 0.29) is 6.10 Å². The van der Waals surface area contributed by atoms with Gasteiger partial charge >= 0.3 is 0 Å². The van der Waals surface area contributed by atoms with E-state index >= 15 is 0 Å². The average Bonchev–Trinajstić information content (AvgIpc) is 2.54. The zero-order valence-electron chi connectivity index (χ0n) is 11.5. The lowest BCUT2D eigenvalue weighted by atomic mass is 9.75. The number of hydrogen-bond acceptors (Lipinski definition) is 1. The van der Waals surface area contributed by atoms with Crippen molar-refractivity contribution in [2.45, 2.75) is 65.4 Å². The van der Waals surface area contributed by atoms with E-state index in [1.165, 1.54) is 30.4 Å². The summed E-state index contributed by atoms with van der Waals surface area (Å²) in [5.41, 5.74) is 3.18. The molecule has 0 spiro atoms. The standard InChI is InChI=1S/C16H26O/c1-12-8-10-14(16(12,2)3)11-9-13-6-4-5-7-15(13)17/h8-9,14-15,17H,4-7,10-11H2,1-3H3/t14-,15?/m1/s1. The Hall–Kier alpha value is -0.560. The first-order valence-corrected chi connectivity index (χ1v) is 7.06. The minimum Gasteiger partial charge on any atom is -0.389 e. The second-order valence-electron chi connectivity index (χ2n) is 6.32. The molecule has 2 atom stereocenters. The summed E-state index contributed by atoms with van der Waals surface area (Å²) in [4.78, 5) is 0. The van der Waals surface area contributed by atoms with Gasteiger partial charge in [-0.3, -0.25) is 0 Å². The first-order chi connectivity index (χ1) is 8.01. The fourth-order valence-electron chi connectivity index (χ4n) is 3.14. The highest BCUT2D eigenvalue weighted by atomic mass is 16.3. The van der Waals surface area contributed by atoms with Gasteiger partial charge < -0.3 is 5.11 Å². The molecule has 0 radical (unpaired) electrons. The summed E-state index contributed by atoms with van der Waals surface area (Å²) < 4.78 is 0. The van der Waals surface area contributed by atoms with E-state index in [2.05, 4.69) is 32.9 Å². The molecule has 0 aromatic rings. The smallest absolute Gasteiger partial charge is 0.0750 e. The van der Waals surface area contributed by atoms with E-state index in [0.29, 0.717) is 5.41 Å². The molecule has 0 bridgehead atoms. The number of aliphatic hydroxyl groups is 1. The highest BCUT2D eigenvalue weighted by Gasteiger charge is 2.34. The number of rotatable bonds is 2. The van der Waals surface area contributed by atoms with Crippen molar-refractivity contribution in [3.05, 3.63) is 23.3 Å². The summed E-state index contributed by atoms with van der Waals surface area (Å²) in [6.45, 7) is 6.96. The Morgan fingerprint density at radius 2 is 2.18 bits per heavy atom. The van der Waals surface area contributed by atoms with Gasteiger partial charge in [0.15, 0.2) is 0 Å². The highest BCUT2D eigenvalue weighted by Crippen LogP contribution is 2.45. The monoisotopic (exact) mass is 234 g/mol. The van der Waals surface area contributed by atoms with Crippen molar-refractivity contribution in [3.63, 3.8) is 0 Å². The van der Waals surface area contributed by atoms with Gasteiger partial charge in [0.25, 0.3) is 0 Å². The first-order valence-electron chi connectivity index (χ1n) is 7.06. The summed E-state index contributed by atoms with van der Waals surface area (Å²) in [6.07, 6.45) is 11.4. The van der Waals surface area contributed by atoms with Gasteiger partial charge in [0.2, 0.25) is 0 Å². The van der Waals surface area contributed by atoms with Gasteiger partial charge in [-0.05, 0) is 55.9 Å². The molecule has 17 heavy (non-hydrogen) atoms. The van der Waals surface area contributed by atoms with Crippen LogP contribution in [-0.4, -0.2) is 11.2 Å². The maximum Gasteiger partial charge on any atom is 0.0750 e. The average molecular weight is 234 g/mol. The molecule has 1 heteroatoms. The normalized spacial score (nSPS) is 35.1. The van der Waals surface area contributed by atoms with Gasteiger partial charge in [-0.2, -0.15) is 0 Å². The number of aliphatic hydroxyl groups excluding tert-OH is 1. The lowest BCUT2D eigenvalue weighted by Crippen LogP contribution is -2.21. The predicted octanol–water partition coefficient (Wildman–Crippen LogP) is 4.23. The maximum absolute atomic E-state index is 9.94. The van der Waals surface area contributed by atoms with Crippen LogP contribution in [0, 0.1) is 11.3 Å². The predicted molar refractivity (Wildman–Crippen MR) is 72.8 cm³/mol. The van der Waals surface area contributed by atoms with Gasteiger partial charge in [0, 0.05) is 0 Å². The fourth-order valence-corrected chi connectivity index (χ4v) is 3.14. The fraction of sp³-hybridized carbons (Fsp3) is 0.750. The van der Waals surface area contributed by atoms with Crippen molar-refractivity contribution in [3.8, 4) is 0 Å². The minimum atomic E-state index is -0.151. The molecule has 1 nitrogen and oxygen atoms in total. The minimum absolute atomic E-state index is 0.151. The Morgan fingerprint density at radius 3 is 2.76 bits per heavy atom. The number of hydrogen-bond donors (Lipinski definition) is 1. The Kier molecular flexibility index (Phi) is 3.77. The molecule has 0 aromatic heterocycles. The quantitative estimate of drug-likeness (QED) is 0.709. The third-order valence-corrected chi connectivity index (χ3v) is 5.03. The van der Waals surface area contributed by atoms with Crippen molar-refractivity contribution in [1.82, 2.24) is 0 Å². The SMILES string of the molecule is CC1=CC[C@H](CC=C2CCCCC2O)C1(C)C. The second kappa shape index (κ2) is 4.97. The molecule has 2 aliphatic rings. The van der Waals surface area contributed by atoms with Crippen LogP contribution < -0.4 is 0 Å². The molecule has 2 rings (SSSR count). The van der Waals surface area contributed by atoms with E-state index in [1.54, 1.807) is 0 Å². The Bertz CT molecular complexity index is 335. The maximum atomic E-state index is 9.94. The first kappa shape index (κ1) is 12.9. The lowest BCUT2D eigenvalue weighted by Gasteiger charge is -2.29. The Labute approximate surface area is 106 Å². The Balaban J connectivity index is 1.96. The largest absolute Gasteiger partial charge is 0.389 e. The third kappa shape index (κ3) is 2.65. The van der Waals surface area contributed by atoms with E-state index in [4.69, 9.17) is 0 Å². The van der Waals surface area contributed by atoms with Crippen molar-refractivity contribution >= 4 is 0 Å². The molecule has 2 aliphatic carbocycles. The molecular formula is C16H26O. The van der Waals surface area contributed by atoms with Crippen molar-refractivity contribution < 1.29 is 5.11 Å². The molecule has 1 unspecified atom stereocenters. The van der Waals surface area contributed by atoms with Crippen LogP contribution in [-0.2, 0) is 0 Å². The van der Waals surface area contributed by atoms with E-state index in [0.717, 1.165) is 25.2 Å². The lowest BCUT2D eigenvalue weighted by molar-refractivity contribution is 0.177. The van der Waals surface area contributed by atoms with Gasteiger partial charge in [-0.15, -0.1) is 0 Å². The number of allylic oxidation sites excluding steroid dienone is 3.